The van der Waals surface area contributed by atoms with Crippen LogP contribution in [-0.2, 0) is 10.0 Å². The lowest BCUT2D eigenvalue weighted by molar-refractivity contribution is 0.0643. The standard InChI is InChI=1S/C15H20ClN3O5S/c16-12-9-11(10-13-14(12)24-7-6-23-13)15(20)19-3-1-18(2-4-19)5-8-25(17,21)22/h9-10H,1-8H2,(H2,17,21,22). The van der Waals surface area contributed by atoms with Crippen molar-refractivity contribution in [2.75, 3.05) is 51.7 Å². The SMILES string of the molecule is NS(=O)(=O)CCN1CCN(C(=O)c2cc(Cl)c3c(c2)OCCO3)CC1. The first-order valence-corrected chi connectivity index (χ1v) is 10.0. The first-order chi connectivity index (χ1) is 11.8. The van der Waals surface area contributed by atoms with E-state index in [1.54, 1.807) is 17.0 Å². The zero-order chi connectivity index (χ0) is 18.0. The Morgan fingerprint density at radius 3 is 2.52 bits per heavy atom. The summed E-state index contributed by atoms with van der Waals surface area (Å²) in [6.07, 6.45) is 0. The third-order valence-electron chi connectivity index (χ3n) is 4.20. The Kier molecular flexibility index (Phi) is 5.38. The lowest BCUT2D eigenvalue weighted by atomic mass is 10.1. The van der Waals surface area contributed by atoms with Crippen molar-refractivity contribution in [3.05, 3.63) is 22.7 Å². The Balaban J connectivity index is 1.62. The van der Waals surface area contributed by atoms with Crippen molar-refractivity contribution in [3.63, 3.8) is 0 Å². The van der Waals surface area contributed by atoms with Crippen molar-refractivity contribution in [1.82, 2.24) is 9.80 Å². The van der Waals surface area contributed by atoms with Gasteiger partial charge in [-0.15, -0.1) is 0 Å². The molecule has 0 atom stereocenters. The minimum Gasteiger partial charge on any atom is -0.486 e. The second kappa shape index (κ2) is 7.36. The van der Waals surface area contributed by atoms with E-state index in [1.165, 1.54) is 0 Å². The molecule has 2 aliphatic rings. The van der Waals surface area contributed by atoms with Gasteiger partial charge in [0.1, 0.15) is 13.2 Å². The average Bonchev–Trinajstić information content (AvgIpc) is 2.59. The number of carbonyl (C=O) groups excluding carboxylic acids is 1. The lowest BCUT2D eigenvalue weighted by Crippen LogP contribution is -2.49. The smallest absolute Gasteiger partial charge is 0.254 e. The van der Waals surface area contributed by atoms with Crippen molar-refractivity contribution in [1.29, 1.82) is 0 Å². The summed E-state index contributed by atoms with van der Waals surface area (Å²) in [6.45, 7) is 3.44. The van der Waals surface area contributed by atoms with Crippen LogP contribution in [0.3, 0.4) is 0 Å². The average molecular weight is 390 g/mol. The molecule has 3 rings (SSSR count). The largest absolute Gasteiger partial charge is 0.486 e. The normalized spacial score (nSPS) is 18.2. The molecular formula is C15H20ClN3O5S. The number of rotatable bonds is 4. The summed E-state index contributed by atoms with van der Waals surface area (Å²) in [5.74, 6) is 0.731. The molecule has 10 heteroatoms. The molecule has 25 heavy (non-hydrogen) atoms. The van der Waals surface area contributed by atoms with Crippen LogP contribution in [0.1, 0.15) is 10.4 Å². The summed E-state index contributed by atoms with van der Waals surface area (Å²) < 4.78 is 33.0. The number of hydrogen-bond acceptors (Lipinski definition) is 6. The van der Waals surface area contributed by atoms with E-state index in [1.807, 2.05) is 4.90 Å². The van der Waals surface area contributed by atoms with Crippen LogP contribution in [0.5, 0.6) is 11.5 Å². The predicted octanol–water partition coefficient (Wildman–Crippen LogP) is 0.158. The topological polar surface area (TPSA) is 102 Å². The lowest BCUT2D eigenvalue weighted by Gasteiger charge is -2.34. The van der Waals surface area contributed by atoms with Gasteiger partial charge in [0, 0.05) is 38.3 Å². The first kappa shape index (κ1) is 18.2. The number of piperazine rings is 1. The third kappa shape index (κ3) is 4.55. The molecule has 0 radical (unpaired) electrons. The molecule has 8 nitrogen and oxygen atoms in total. The van der Waals surface area contributed by atoms with E-state index < -0.39 is 10.0 Å². The molecule has 1 fully saturated rings. The number of nitrogens with two attached hydrogens (primary N) is 1. The van der Waals surface area contributed by atoms with Crippen LogP contribution in [0.25, 0.3) is 0 Å². The molecule has 138 valence electrons. The van der Waals surface area contributed by atoms with Gasteiger partial charge >= 0.3 is 0 Å². The monoisotopic (exact) mass is 389 g/mol. The molecule has 0 saturated carbocycles. The van der Waals surface area contributed by atoms with E-state index in [-0.39, 0.29) is 11.7 Å². The molecule has 1 aromatic carbocycles. The van der Waals surface area contributed by atoms with Gasteiger partial charge in [-0.05, 0) is 12.1 Å². The Labute approximate surface area is 151 Å². The number of nitrogens with zero attached hydrogens (tertiary/aromatic N) is 2. The maximum absolute atomic E-state index is 12.7. The Bertz CT molecular complexity index is 763. The van der Waals surface area contributed by atoms with Crippen molar-refractivity contribution >= 4 is 27.5 Å². The number of primary sulfonamides is 1. The molecule has 0 aliphatic carbocycles. The molecule has 0 spiro atoms. The second-order valence-corrected chi connectivity index (χ2v) is 8.12. The molecule has 1 amide bonds. The highest BCUT2D eigenvalue weighted by atomic mass is 35.5. The number of halogens is 1. The van der Waals surface area contributed by atoms with Gasteiger partial charge in [-0.3, -0.25) is 9.69 Å². The van der Waals surface area contributed by atoms with Gasteiger partial charge in [0.05, 0.1) is 10.8 Å². The van der Waals surface area contributed by atoms with E-state index in [2.05, 4.69) is 0 Å². The Morgan fingerprint density at radius 2 is 1.84 bits per heavy atom. The van der Waals surface area contributed by atoms with Crippen LogP contribution >= 0.6 is 11.6 Å². The van der Waals surface area contributed by atoms with Crippen molar-refractivity contribution in [3.8, 4) is 11.5 Å². The Hall–Kier alpha value is -1.55. The quantitative estimate of drug-likeness (QED) is 0.786. The summed E-state index contributed by atoms with van der Waals surface area (Å²) in [7, 11) is -3.47. The Morgan fingerprint density at radius 1 is 1.16 bits per heavy atom. The minimum absolute atomic E-state index is 0.0846. The third-order valence-corrected chi connectivity index (χ3v) is 5.23. The summed E-state index contributed by atoms with van der Waals surface area (Å²) in [4.78, 5) is 16.4. The van der Waals surface area contributed by atoms with Crippen LogP contribution in [-0.4, -0.2) is 75.8 Å². The van der Waals surface area contributed by atoms with Crippen molar-refractivity contribution < 1.29 is 22.7 Å². The zero-order valence-electron chi connectivity index (χ0n) is 13.6. The number of fused-ring (bicyclic) bond motifs is 1. The van der Waals surface area contributed by atoms with E-state index in [0.29, 0.717) is 68.0 Å². The van der Waals surface area contributed by atoms with Gasteiger partial charge in [-0.2, -0.15) is 0 Å². The van der Waals surface area contributed by atoms with Crippen LogP contribution in [0.15, 0.2) is 12.1 Å². The molecule has 2 heterocycles. The molecular weight excluding hydrogens is 370 g/mol. The van der Waals surface area contributed by atoms with Gasteiger partial charge in [0.2, 0.25) is 10.0 Å². The number of sulfonamides is 1. The second-order valence-electron chi connectivity index (χ2n) is 5.98. The minimum atomic E-state index is -3.47. The van der Waals surface area contributed by atoms with Crippen molar-refractivity contribution in [2.24, 2.45) is 5.14 Å². The number of hydrogen-bond donors (Lipinski definition) is 1. The summed E-state index contributed by atoms with van der Waals surface area (Å²) in [6, 6.07) is 3.24. The summed E-state index contributed by atoms with van der Waals surface area (Å²) >= 11 is 6.18. The predicted molar refractivity (Wildman–Crippen MR) is 92.8 cm³/mol. The van der Waals surface area contributed by atoms with Crippen LogP contribution in [0, 0.1) is 0 Å². The number of carbonyl (C=O) groups is 1. The molecule has 0 bridgehead atoms. The van der Waals surface area contributed by atoms with Crippen molar-refractivity contribution in [2.45, 2.75) is 0 Å². The highest BCUT2D eigenvalue weighted by Gasteiger charge is 2.25. The maximum Gasteiger partial charge on any atom is 0.254 e. The van der Waals surface area contributed by atoms with Gasteiger partial charge in [-0.1, -0.05) is 11.6 Å². The summed E-state index contributed by atoms with van der Waals surface area (Å²) in [5.41, 5.74) is 0.451. The van der Waals surface area contributed by atoms with E-state index in [0.717, 1.165) is 0 Å². The fraction of sp³-hybridized carbons (Fsp3) is 0.533. The van der Waals surface area contributed by atoms with E-state index >= 15 is 0 Å². The number of ether oxygens (including phenoxy) is 2. The first-order valence-electron chi connectivity index (χ1n) is 7.95. The van der Waals surface area contributed by atoms with Gasteiger partial charge in [0.25, 0.3) is 5.91 Å². The number of amides is 1. The van der Waals surface area contributed by atoms with E-state index in [9.17, 15) is 13.2 Å². The van der Waals surface area contributed by atoms with Gasteiger partial charge in [0.15, 0.2) is 11.5 Å². The van der Waals surface area contributed by atoms with Crippen LogP contribution in [0.2, 0.25) is 5.02 Å². The van der Waals surface area contributed by atoms with Gasteiger partial charge in [-0.25, -0.2) is 13.6 Å². The molecule has 0 aromatic heterocycles. The van der Waals surface area contributed by atoms with Gasteiger partial charge < -0.3 is 14.4 Å². The molecule has 1 saturated heterocycles. The highest BCUT2D eigenvalue weighted by Crippen LogP contribution is 2.38. The number of benzene rings is 1. The van der Waals surface area contributed by atoms with Crippen LogP contribution < -0.4 is 14.6 Å². The summed E-state index contributed by atoms with van der Waals surface area (Å²) in [5, 5.41) is 5.37. The molecule has 1 aromatic rings. The fourth-order valence-corrected chi connectivity index (χ4v) is 3.63. The fourth-order valence-electron chi connectivity index (χ4n) is 2.85. The van der Waals surface area contributed by atoms with Crippen LogP contribution in [0.4, 0.5) is 0 Å². The molecule has 0 unspecified atom stereocenters. The maximum atomic E-state index is 12.7. The highest BCUT2D eigenvalue weighted by molar-refractivity contribution is 7.89. The zero-order valence-corrected chi connectivity index (χ0v) is 15.2. The molecule has 2 N–H and O–H groups in total. The molecule has 2 aliphatic heterocycles. The van der Waals surface area contributed by atoms with E-state index in [4.69, 9.17) is 26.2 Å².